The lowest BCUT2D eigenvalue weighted by atomic mass is 10.1. The summed E-state index contributed by atoms with van der Waals surface area (Å²) in [6.45, 7) is 7.39. The second-order valence-electron chi connectivity index (χ2n) is 3.96. The summed E-state index contributed by atoms with van der Waals surface area (Å²) in [6.07, 6.45) is 2.22. The zero-order valence-corrected chi connectivity index (χ0v) is 11.0. The third kappa shape index (κ3) is 5.99. The van der Waals surface area contributed by atoms with Gasteiger partial charge in [0, 0.05) is 25.7 Å². The van der Waals surface area contributed by atoms with Gasteiger partial charge in [-0.1, -0.05) is 6.08 Å². The van der Waals surface area contributed by atoms with E-state index in [9.17, 15) is 8.78 Å². The molecule has 3 nitrogen and oxygen atoms in total. The molecule has 0 radical (unpaired) electrons. The second kappa shape index (κ2) is 8.24. The minimum Gasteiger partial charge on any atom is -0.357 e. The van der Waals surface area contributed by atoms with E-state index in [1.54, 1.807) is 6.08 Å². The zero-order chi connectivity index (χ0) is 14.1. The highest BCUT2D eigenvalue weighted by molar-refractivity contribution is 5.79. The Morgan fingerprint density at radius 1 is 1.26 bits per heavy atom. The number of halogens is 2. The third-order valence-electron chi connectivity index (χ3n) is 2.35. The van der Waals surface area contributed by atoms with E-state index in [4.69, 9.17) is 0 Å². The molecular formula is C14H19F2N3. The van der Waals surface area contributed by atoms with Gasteiger partial charge < -0.3 is 10.6 Å². The molecule has 104 valence electrons. The van der Waals surface area contributed by atoms with Crippen LogP contribution >= 0.6 is 0 Å². The number of rotatable bonds is 6. The Kier molecular flexibility index (Phi) is 6.57. The van der Waals surface area contributed by atoms with Crippen LogP contribution in [0.25, 0.3) is 0 Å². The van der Waals surface area contributed by atoms with Crippen LogP contribution < -0.4 is 10.6 Å². The maximum atomic E-state index is 13.0. The molecule has 0 aliphatic heterocycles. The van der Waals surface area contributed by atoms with Gasteiger partial charge in [0.25, 0.3) is 0 Å². The van der Waals surface area contributed by atoms with Crippen LogP contribution in [-0.4, -0.2) is 25.6 Å². The number of guanidine groups is 1. The van der Waals surface area contributed by atoms with Gasteiger partial charge in [0.1, 0.15) is 11.6 Å². The average molecular weight is 267 g/mol. The van der Waals surface area contributed by atoms with E-state index in [0.717, 1.165) is 12.6 Å². The largest absolute Gasteiger partial charge is 0.357 e. The number of nitrogens with zero attached hydrogens (tertiary/aromatic N) is 1. The van der Waals surface area contributed by atoms with Crippen LogP contribution in [0.3, 0.4) is 0 Å². The van der Waals surface area contributed by atoms with E-state index in [1.807, 2.05) is 6.92 Å². The van der Waals surface area contributed by atoms with Gasteiger partial charge in [0.05, 0.1) is 0 Å². The summed E-state index contributed by atoms with van der Waals surface area (Å²) < 4.78 is 26.0. The Balaban J connectivity index is 2.55. The van der Waals surface area contributed by atoms with Crippen molar-refractivity contribution in [2.45, 2.75) is 13.3 Å². The lowest BCUT2D eigenvalue weighted by Gasteiger charge is -2.09. The van der Waals surface area contributed by atoms with Gasteiger partial charge in [0.2, 0.25) is 0 Å². The van der Waals surface area contributed by atoms with E-state index in [-0.39, 0.29) is 0 Å². The predicted octanol–water partition coefficient (Wildman–Crippen LogP) is 2.25. The highest BCUT2D eigenvalue weighted by atomic mass is 19.1. The van der Waals surface area contributed by atoms with Gasteiger partial charge in [0.15, 0.2) is 5.96 Å². The third-order valence-corrected chi connectivity index (χ3v) is 2.35. The summed E-state index contributed by atoms with van der Waals surface area (Å²) in [5.74, 6) is -0.453. The topological polar surface area (TPSA) is 36.4 Å². The lowest BCUT2D eigenvalue weighted by molar-refractivity contribution is 0.579. The number of hydrogen-bond donors (Lipinski definition) is 2. The Bertz CT molecular complexity index is 424. The van der Waals surface area contributed by atoms with Crippen LogP contribution in [0, 0.1) is 11.6 Å². The average Bonchev–Trinajstić information content (AvgIpc) is 2.34. The molecule has 2 N–H and O–H groups in total. The SMILES string of the molecule is C=CCNC(=NCCc1cc(F)cc(F)c1)NCC. The molecule has 1 rings (SSSR count). The van der Waals surface area contributed by atoms with Crippen molar-refractivity contribution in [1.29, 1.82) is 0 Å². The Morgan fingerprint density at radius 2 is 1.95 bits per heavy atom. The van der Waals surface area contributed by atoms with Gasteiger partial charge in [-0.2, -0.15) is 0 Å². The minimum atomic E-state index is -0.560. The normalized spacial score (nSPS) is 11.2. The van der Waals surface area contributed by atoms with Crippen LogP contribution in [0.4, 0.5) is 8.78 Å². The van der Waals surface area contributed by atoms with E-state index in [0.29, 0.717) is 31.0 Å². The summed E-state index contributed by atoms with van der Waals surface area (Å²) in [7, 11) is 0. The van der Waals surface area contributed by atoms with E-state index >= 15 is 0 Å². The van der Waals surface area contributed by atoms with Gasteiger partial charge >= 0.3 is 0 Å². The summed E-state index contributed by atoms with van der Waals surface area (Å²) >= 11 is 0. The molecule has 0 amide bonds. The van der Waals surface area contributed by atoms with Crippen molar-refractivity contribution in [2.24, 2.45) is 4.99 Å². The molecule has 1 aromatic carbocycles. The Morgan fingerprint density at radius 3 is 2.53 bits per heavy atom. The van der Waals surface area contributed by atoms with Gasteiger partial charge in [-0.25, -0.2) is 8.78 Å². The smallest absolute Gasteiger partial charge is 0.191 e. The van der Waals surface area contributed by atoms with Crippen LogP contribution in [0.15, 0.2) is 35.8 Å². The second-order valence-corrected chi connectivity index (χ2v) is 3.96. The van der Waals surface area contributed by atoms with Crippen molar-refractivity contribution < 1.29 is 8.78 Å². The molecule has 0 fully saturated rings. The molecule has 0 saturated carbocycles. The number of benzene rings is 1. The first-order valence-corrected chi connectivity index (χ1v) is 6.23. The fourth-order valence-corrected chi connectivity index (χ4v) is 1.56. The fraction of sp³-hybridized carbons (Fsp3) is 0.357. The van der Waals surface area contributed by atoms with Gasteiger partial charge in [-0.3, -0.25) is 4.99 Å². The van der Waals surface area contributed by atoms with E-state index < -0.39 is 11.6 Å². The molecule has 19 heavy (non-hydrogen) atoms. The first kappa shape index (κ1) is 15.1. The first-order chi connectivity index (χ1) is 9.15. The Labute approximate surface area is 112 Å². The molecule has 0 aromatic heterocycles. The lowest BCUT2D eigenvalue weighted by Crippen LogP contribution is -2.37. The standard InChI is InChI=1S/C14H19F2N3/c1-3-6-18-14(17-4-2)19-7-5-11-8-12(15)10-13(16)9-11/h3,8-10H,1,4-7H2,2H3,(H2,17,18,19). The molecular weight excluding hydrogens is 248 g/mol. The highest BCUT2D eigenvalue weighted by Gasteiger charge is 2.00. The first-order valence-electron chi connectivity index (χ1n) is 6.23. The van der Waals surface area contributed by atoms with Crippen LogP contribution in [0.5, 0.6) is 0 Å². The number of aliphatic imine (C=N–C) groups is 1. The van der Waals surface area contributed by atoms with Gasteiger partial charge in [-0.05, 0) is 31.0 Å². The van der Waals surface area contributed by atoms with Crippen molar-refractivity contribution in [1.82, 2.24) is 10.6 Å². The molecule has 5 heteroatoms. The van der Waals surface area contributed by atoms with Crippen molar-refractivity contribution in [3.8, 4) is 0 Å². The van der Waals surface area contributed by atoms with Gasteiger partial charge in [-0.15, -0.1) is 6.58 Å². The van der Waals surface area contributed by atoms with Crippen molar-refractivity contribution in [3.63, 3.8) is 0 Å². The molecule has 0 atom stereocenters. The van der Waals surface area contributed by atoms with Crippen LogP contribution in [-0.2, 0) is 6.42 Å². The summed E-state index contributed by atoms with van der Waals surface area (Å²) in [4.78, 5) is 4.31. The number of hydrogen-bond acceptors (Lipinski definition) is 1. The summed E-state index contributed by atoms with van der Waals surface area (Å²) in [6, 6.07) is 3.51. The number of nitrogens with one attached hydrogen (secondary N) is 2. The fourth-order valence-electron chi connectivity index (χ4n) is 1.56. The molecule has 1 aromatic rings. The molecule has 0 saturated heterocycles. The molecule has 0 unspecified atom stereocenters. The minimum absolute atomic E-state index is 0.454. The quantitative estimate of drug-likeness (QED) is 0.471. The van der Waals surface area contributed by atoms with Crippen molar-refractivity contribution in [3.05, 3.63) is 48.1 Å². The molecule has 0 aliphatic carbocycles. The van der Waals surface area contributed by atoms with Crippen molar-refractivity contribution >= 4 is 5.96 Å². The molecule has 0 spiro atoms. The highest BCUT2D eigenvalue weighted by Crippen LogP contribution is 2.08. The van der Waals surface area contributed by atoms with E-state index in [2.05, 4.69) is 22.2 Å². The summed E-state index contributed by atoms with van der Waals surface area (Å²) in [5, 5.41) is 6.12. The zero-order valence-electron chi connectivity index (χ0n) is 11.0. The summed E-state index contributed by atoms with van der Waals surface area (Å²) in [5.41, 5.74) is 0.598. The molecule has 0 aliphatic rings. The van der Waals surface area contributed by atoms with Crippen LogP contribution in [0.2, 0.25) is 0 Å². The maximum Gasteiger partial charge on any atom is 0.191 e. The maximum absolute atomic E-state index is 13.0. The Hall–Kier alpha value is -1.91. The molecule has 0 bridgehead atoms. The van der Waals surface area contributed by atoms with E-state index in [1.165, 1.54) is 12.1 Å². The van der Waals surface area contributed by atoms with Crippen molar-refractivity contribution in [2.75, 3.05) is 19.6 Å². The predicted molar refractivity (Wildman–Crippen MR) is 74.2 cm³/mol. The molecule has 0 heterocycles. The van der Waals surface area contributed by atoms with Crippen LogP contribution in [0.1, 0.15) is 12.5 Å². The monoisotopic (exact) mass is 267 g/mol.